The molecule has 1 aliphatic rings. The molecule has 0 saturated heterocycles. The number of benzene rings is 4. The van der Waals surface area contributed by atoms with Gasteiger partial charge in [0.15, 0.2) is 0 Å². The smallest absolute Gasteiger partial charge is 0.344 e. The van der Waals surface area contributed by atoms with Crippen molar-refractivity contribution in [1.82, 2.24) is 0 Å². The van der Waals surface area contributed by atoms with Crippen molar-refractivity contribution in [3.63, 3.8) is 0 Å². The second-order valence-corrected chi connectivity index (χ2v) is 8.08. The highest BCUT2D eigenvalue weighted by molar-refractivity contribution is 6.31. The monoisotopic (exact) mass is 470 g/mol. The number of fused-ring (bicyclic) bond motifs is 2. The van der Waals surface area contributed by atoms with Gasteiger partial charge in [0.25, 0.3) is 0 Å². The minimum absolute atomic E-state index is 0.0417. The molecule has 166 valence electrons. The van der Waals surface area contributed by atoms with Crippen molar-refractivity contribution < 1.29 is 18.7 Å². The standard InChI is InChI=1S/C27H16ClFN2O3/c28-21-9-4-10-22(29)25(21)24-19-12-11-16(13-23(19)34-26(31)20(24)14-30)33-27(32)18-8-3-6-15-5-1-2-7-17(15)18/h1-13,24H,31H2/t24-/m0/s1. The number of nitrogens with two attached hydrogens (primary N) is 1. The van der Waals surface area contributed by atoms with Crippen molar-refractivity contribution >= 4 is 28.3 Å². The average molecular weight is 471 g/mol. The molecule has 0 aromatic heterocycles. The third-order valence-corrected chi connectivity index (χ3v) is 6.03. The molecule has 0 radical (unpaired) electrons. The zero-order valence-corrected chi connectivity index (χ0v) is 18.3. The van der Waals surface area contributed by atoms with E-state index in [-0.39, 0.29) is 33.5 Å². The number of hydrogen-bond donors (Lipinski definition) is 1. The fourth-order valence-corrected chi connectivity index (χ4v) is 4.42. The zero-order chi connectivity index (χ0) is 23.8. The van der Waals surface area contributed by atoms with Gasteiger partial charge in [-0.3, -0.25) is 0 Å². The lowest BCUT2D eigenvalue weighted by atomic mass is 9.83. The molecular weight excluding hydrogens is 455 g/mol. The third kappa shape index (κ3) is 3.62. The Morgan fingerprint density at radius 2 is 1.82 bits per heavy atom. The number of allylic oxidation sites excluding steroid dienone is 1. The third-order valence-electron chi connectivity index (χ3n) is 5.70. The van der Waals surface area contributed by atoms with Gasteiger partial charge in [-0.05, 0) is 35.0 Å². The van der Waals surface area contributed by atoms with Crippen molar-refractivity contribution in [1.29, 1.82) is 5.26 Å². The van der Waals surface area contributed by atoms with Crippen molar-refractivity contribution in [2.24, 2.45) is 5.73 Å². The van der Waals surface area contributed by atoms with Crippen molar-refractivity contribution in [3.8, 4) is 17.6 Å². The Balaban J connectivity index is 1.54. The molecule has 0 unspecified atom stereocenters. The summed E-state index contributed by atoms with van der Waals surface area (Å²) in [6.45, 7) is 0. The highest BCUT2D eigenvalue weighted by atomic mass is 35.5. The number of carbonyl (C=O) groups is 1. The lowest BCUT2D eigenvalue weighted by Gasteiger charge is -2.27. The van der Waals surface area contributed by atoms with Gasteiger partial charge >= 0.3 is 5.97 Å². The first-order valence-corrected chi connectivity index (χ1v) is 10.7. The summed E-state index contributed by atoms with van der Waals surface area (Å²) < 4.78 is 26.0. The molecular formula is C27H16ClFN2O3. The Hall–Kier alpha value is -4.34. The number of hydrogen-bond acceptors (Lipinski definition) is 5. The number of esters is 1. The number of carbonyl (C=O) groups excluding carboxylic acids is 1. The number of nitrogens with zero attached hydrogens (tertiary/aromatic N) is 1. The maximum absolute atomic E-state index is 14.8. The van der Waals surface area contributed by atoms with E-state index >= 15 is 0 Å². The minimum Gasteiger partial charge on any atom is -0.440 e. The van der Waals surface area contributed by atoms with Crippen LogP contribution >= 0.6 is 11.6 Å². The van der Waals surface area contributed by atoms with E-state index < -0.39 is 17.7 Å². The first-order chi connectivity index (χ1) is 16.5. The van der Waals surface area contributed by atoms with Crippen LogP contribution in [-0.4, -0.2) is 5.97 Å². The highest BCUT2D eigenvalue weighted by Crippen LogP contribution is 2.46. The summed E-state index contributed by atoms with van der Waals surface area (Å²) in [5.74, 6) is -1.70. The summed E-state index contributed by atoms with van der Waals surface area (Å²) in [6, 6.07) is 23.8. The van der Waals surface area contributed by atoms with Crippen LogP contribution in [-0.2, 0) is 0 Å². The van der Waals surface area contributed by atoms with Gasteiger partial charge in [0.1, 0.15) is 29.0 Å². The van der Waals surface area contributed by atoms with Gasteiger partial charge in [-0.2, -0.15) is 5.26 Å². The zero-order valence-electron chi connectivity index (χ0n) is 17.6. The van der Waals surface area contributed by atoms with E-state index in [1.165, 1.54) is 18.2 Å². The van der Waals surface area contributed by atoms with Gasteiger partial charge in [-0.25, -0.2) is 9.18 Å². The SMILES string of the molecule is N#CC1=C(N)Oc2cc(OC(=O)c3cccc4ccccc34)ccc2[C@@H]1c1c(F)cccc1Cl. The maximum atomic E-state index is 14.8. The summed E-state index contributed by atoms with van der Waals surface area (Å²) in [7, 11) is 0. The predicted octanol–water partition coefficient (Wildman–Crippen LogP) is 6.07. The fourth-order valence-electron chi connectivity index (χ4n) is 4.15. The van der Waals surface area contributed by atoms with Gasteiger partial charge in [0.05, 0.1) is 11.5 Å². The van der Waals surface area contributed by atoms with Gasteiger partial charge in [-0.1, -0.05) is 60.1 Å². The lowest BCUT2D eigenvalue weighted by molar-refractivity contribution is 0.0736. The first kappa shape index (κ1) is 21.5. The van der Waals surface area contributed by atoms with E-state index in [9.17, 15) is 14.4 Å². The Labute approximate surface area is 199 Å². The van der Waals surface area contributed by atoms with Crippen LogP contribution in [0.4, 0.5) is 4.39 Å². The van der Waals surface area contributed by atoms with Crippen LogP contribution in [0.1, 0.15) is 27.4 Å². The summed E-state index contributed by atoms with van der Waals surface area (Å²) in [5.41, 5.74) is 7.05. The molecule has 0 fully saturated rings. The van der Waals surface area contributed by atoms with E-state index in [1.54, 1.807) is 30.3 Å². The van der Waals surface area contributed by atoms with Gasteiger partial charge in [0.2, 0.25) is 5.88 Å². The summed E-state index contributed by atoms with van der Waals surface area (Å²) in [4.78, 5) is 12.9. The minimum atomic E-state index is -0.870. The van der Waals surface area contributed by atoms with E-state index in [0.717, 1.165) is 10.8 Å². The van der Waals surface area contributed by atoms with Crippen LogP contribution in [0.5, 0.6) is 11.5 Å². The van der Waals surface area contributed by atoms with Gasteiger partial charge in [0, 0.05) is 22.2 Å². The number of rotatable bonds is 3. The van der Waals surface area contributed by atoms with Gasteiger partial charge in [-0.15, -0.1) is 0 Å². The molecule has 0 amide bonds. The van der Waals surface area contributed by atoms with Crippen molar-refractivity contribution in [3.05, 3.63) is 118 Å². The molecule has 0 aliphatic carbocycles. The maximum Gasteiger partial charge on any atom is 0.344 e. The number of halogens is 2. The van der Waals surface area contributed by atoms with E-state index in [1.807, 2.05) is 36.4 Å². The quantitative estimate of drug-likeness (QED) is 0.290. The molecule has 34 heavy (non-hydrogen) atoms. The molecule has 4 aromatic carbocycles. The summed E-state index contributed by atoms with van der Waals surface area (Å²) in [6.07, 6.45) is 0. The van der Waals surface area contributed by atoms with Crippen LogP contribution in [0, 0.1) is 17.1 Å². The van der Waals surface area contributed by atoms with E-state index in [0.29, 0.717) is 11.1 Å². The molecule has 1 aliphatic heterocycles. The van der Waals surface area contributed by atoms with Crippen LogP contribution in [0.3, 0.4) is 0 Å². The predicted molar refractivity (Wildman–Crippen MR) is 126 cm³/mol. The Morgan fingerprint density at radius 1 is 1.06 bits per heavy atom. The largest absolute Gasteiger partial charge is 0.440 e. The average Bonchev–Trinajstić information content (AvgIpc) is 2.83. The molecule has 5 nitrogen and oxygen atoms in total. The molecule has 7 heteroatoms. The van der Waals surface area contributed by atoms with Crippen LogP contribution in [0.25, 0.3) is 10.8 Å². The number of nitriles is 1. The molecule has 0 bridgehead atoms. The lowest BCUT2D eigenvalue weighted by Crippen LogP contribution is -2.22. The molecule has 2 N–H and O–H groups in total. The van der Waals surface area contributed by atoms with E-state index in [4.69, 9.17) is 26.8 Å². The van der Waals surface area contributed by atoms with E-state index in [2.05, 4.69) is 0 Å². The second kappa shape index (κ2) is 8.54. The van der Waals surface area contributed by atoms with Crippen molar-refractivity contribution in [2.75, 3.05) is 0 Å². The molecule has 5 rings (SSSR count). The summed E-state index contributed by atoms with van der Waals surface area (Å²) in [5, 5.41) is 11.5. The van der Waals surface area contributed by atoms with Crippen LogP contribution < -0.4 is 15.2 Å². The van der Waals surface area contributed by atoms with Crippen LogP contribution in [0.15, 0.2) is 90.3 Å². The molecule has 0 spiro atoms. The molecule has 1 heterocycles. The van der Waals surface area contributed by atoms with Gasteiger partial charge < -0.3 is 15.2 Å². The highest BCUT2D eigenvalue weighted by Gasteiger charge is 2.34. The number of ether oxygens (including phenoxy) is 2. The second-order valence-electron chi connectivity index (χ2n) is 7.68. The summed E-state index contributed by atoms with van der Waals surface area (Å²) >= 11 is 6.29. The Kier molecular flexibility index (Phi) is 5.40. The topological polar surface area (TPSA) is 85.3 Å². The molecule has 1 atom stereocenters. The normalized spacial score (nSPS) is 14.8. The molecule has 4 aromatic rings. The van der Waals surface area contributed by atoms with Crippen molar-refractivity contribution in [2.45, 2.75) is 5.92 Å². The Morgan fingerprint density at radius 3 is 2.62 bits per heavy atom. The van der Waals surface area contributed by atoms with Crippen LogP contribution in [0.2, 0.25) is 5.02 Å². The Bertz CT molecular complexity index is 1520. The fraction of sp³-hybridized carbons (Fsp3) is 0.0370. The first-order valence-electron chi connectivity index (χ1n) is 10.3. The molecule has 0 saturated carbocycles.